The first-order valence-electron chi connectivity index (χ1n) is 6.13. The van der Waals surface area contributed by atoms with Crippen LogP contribution in [0.2, 0.25) is 0 Å². The lowest BCUT2D eigenvalue weighted by Gasteiger charge is -2.24. The number of hydrogen-bond acceptors (Lipinski definition) is 6. The molecular weight excluding hydrogens is 264 g/mol. The summed E-state index contributed by atoms with van der Waals surface area (Å²) in [6, 6.07) is 0. The van der Waals surface area contributed by atoms with Gasteiger partial charge in [0.05, 0.1) is 14.2 Å². The Hall–Kier alpha value is -1.85. The number of carbonyl (C=O) groups is 3. The molecule has 0 fully saturated rings. The third-order valence-electron chi connectivity index (χ3n) is 2.62. The number of methoxy groups -OCH3 is 2. The molecule has 0 rings (SSSR count). The lowest BCUT2D eigenvalue weighted by atomic mass is 9.88. The monoisotopic (exact) mass is 286 g/mol. The van der Waals surface area contributed by atoms with Crippen LogP contribution in [0.4, 0.5) is 0 Å². The Kier molecular flexibility index (Phi) is 6.42. The van der Waals surface area contributed by atoms with Gasteiger partial charge in [-0.15, -0.1) is 0 Å². The van der Waals surface area contributed by atoms with Gasteiger partial charge in [0.25, 0.3) is 0 Å². The van der Waals surface area contributed by atoms with Crippen molar-refractivity contribution >= 4 is 17.9 Å². The molecule has 0 N–H and O–H groups in total. The number of rotatable bonds is 5. The first-order valence-corrected chi connectivity index (χ1v) is 6.13. The van der Waals surface area contributed by atoms with Gasteiger partial charge in [-0.3, -0.25) is 9.59 Å². The van der Waals surface area contributed by atoms with Crippen molar-refractivity contribution in [1.82, 2.24) is 0 Å². The third-order valence-corrected chi connectivity index (χ3v) is 2.62. The normalized spacial score (nSPS) is 12.6. The second kappa shape index (κ2) is 7.07. The number of ether oxygens (including phenoxy) is 3. The van der Waals surface area contributed by atoms with E-state index in [1.165, 1.54) is 6.92 Å². The van der Waals surface area contributed by atoms with Crippen LogP contribution in [0, 0.1) is 11.8 Å². The number of hydrogen-bond donors (Lipinski definition) is 0. The van der Waals surface area contributed by atoms with Crippen LogP contribution in [0.25, 0.3) is 0 Å². The molecule has 6 heteroatoms. The smallest absolute Gasteiger partial charge is 0.334 e. The van der Waals surface area contributed by atoms with Gasteiger partial charge in [-0.1, -0.05) is 13.5 Å². The molecule has 6 nitrogen and oxygen atoms in total. The van der Waals surface area contributed by atoms with E-state index in [0.29, 0.717) is 0 Å². The van der Waals surface area contributed by atoms with E-state index in [-0.39, 0.29) is 5.57 Å². The fourth-order valence-corrected chi connectivity index (χ4v) is 1.49. The summed E-state index contributed by atoms with van der Waals surface area (Å²) in [5.74, 6) is -4.26. The predicted octanol–water partition coefficient (Wildman–Crippen LogP) is 1.48. The molecule has 0 saturated carbocycles. The lowest BCUT2D eigenvalue weighted by Crippen LogP contribution is -2.36. The van der Waals surface area contributed by atoms with Gasteiger partial charge in [-0.05, 0) is 20.8 Å². The molecule has 1 unspecified atom stereocenters. The molecule has 0 heterocycles. The Bertz CT molecular complexity index is 388. The quantitative estimate of drug-likeness (QED) is 0.330. The van der Waals surface area contributed by atoms with Gasteiger partial charge in [0.2, 0.25) is 0 Å². The van der Waals surface area contributed by atoms with E-state index in [1.54, 1.807) is 20.8 Å². The second-order valence-corrected chi connectivity index (χ2v) is 5.34. The van der Waals surface area contributed by atoms with Gasteiger partial charge in [-0.25, -0.2) is 4.79 Å². The fourth-order valence-electron chi connectivity index (χ4n) is 1.49. The minimum Gasteiger partial charge on any atom is -0.468 e. The largest absolute Gasteiger partial charge is 0.468 e. The Morgan fingerprint density at radius 1 is 1.00 bits per heavy atom. The summed E-state index contributed by atoms with van der Waals surface area (Å²) in [4.78, 5) is 35.2. The Balaban J connectivity index is 5.12. The molecule has 0 aromatic heterocycles. The SMILES string of the molecule is C=C(C(=O)OC(C)(C)C)C(C)C(C(=O)OC)C(=O)OC. The van der Waals surface area contributed by atoms with E-state index in [9.17, 15) is 14.4 Å². The molecule has 0 aliphatic rings. The van der Waals surface area contributed by atoms with Crippen LogP contribution in [-0.4, -0.2) is 37.7 Å². The number of carbonyl (C=O) groups excluding carboxylic acids is 3. The second-order valence-electron chi connectivity index (χ2n) is 5.34. The zero-order valence-electron chi connectivity index (χ0n) is 12.8. The van der Waals surface area contributed by atoms with Gasteiger partial charge in [0.15, 0.2) is 5.92 Å². The molecule has 0 bridgehead atoms. The first kappa shape index (κ1) is 18.1. The van der Waals surface area contributed by atoms with Crippen LogP contribution in [0.15, 0.2) is 12.2 Å². The predicted molar refractivity (Wildman–Crippen MR) is 71.7 cm³/mol. The highest BCUT2D eigenvalue weighted by atomic mass is 16.6. The first-order chi connectivity index (χ1) is 9.05. The van der Waals surface area contributed by atoms with E-state index < -0.39 is 35.3 Å². The van der Waals surface area contributed by atoms with Crippen LogP contribution in [-0.2, 0) is 28.6 Å². The maximum Gasteiger partial charge on any atom is 0.334 e. The highest BCUT2D eigenvalue weighted by molar-refractivity contribution is 5.98. The van der Waals surface area contributed by atoms with Crippen LogP contribution >= 0.6 is 0 Å². The maximum atomic E-state index is 11.9. The van der Waals surface area contributed by atoms with Gasteiger partial charge < -0.3 is 14.2 Å². The van der Waals surface area contributed by atoms with Crippen molar-refractivity contribution in [2.75, 3.05) is 14.2 Å². The van der Waals surface area contributed by atoms with Crippen molar-refractivity contribution in [2.45, 2.75) is 33.3 Å². The molecule has 0 aliphatic heterocycles. The zero-order chi connectivity index (χ0) is 16.1. The average molecular weight is 286 g/mol. The Labute approximate surface area is 119 Å². The van der Waals surface area contributed by atoms with Crippen LogP contribution in [0.3, 0.4) is 0 Å². The van der Waals surface area contributed by atoms with Crippen molar-refractivity contribution in [3.63, 3.8) is 0 Å². The van der Waals surface area contributed by atoms with Crippen molar-refractivity contribution in [3.05, 3.63) is 12.2 Å². The summed E-state index contributed by atoms with van der Waals surface area (Å²) in [5.41, 5.74) is -0.674. The Morgan fingerprint density at radius 2 is 1.40 bits per heavy atom. The molecule has 0 aromatic carbocycles. The highest BCUT2D eigenvalue weighted by Gasteiger charge is 2.38. The molecule has 20 heavy (non-hydrogen) atoms. The lowest BCUT2D eigenvalue weighted by molar-refractivity contribution is -0.161. The topological polar surface area (TPSA) is 78.9 Å². The summed E-state index contributed by atoms with van der Waals surface area (Å²) >= 11 is 0. The average Bonchev–Trinajstić information content (AvgIpc) is 2.35. The summed E-state index contributed by atoms with van der Waals surface area (Å²) in [5, 5.41) is 0. The molecule has 0 aromatic rings. The summed E-state index contributed by atoms with van der Waals surface area (Å²) in [6.07, 6.45) is 0. The third kappa shape index (κ3) is 5.03. The van der Waals surface area contributed by atoms with Gasteiger partial charge in [-0.2, -0.15) is 0 Å². The molecule has 0 spiro atoms. The highest BCUT2D eigenvalue weighted by Crippen LogP contribution is 2.24. The van der Waals surface area contributed by atoms with Crippen molar-refractivity contribution in [2.24, 2.45) is 11.8 Å². The minimum atomic E-state index is -1.25. The molecule has 0 amide bonds. The van der Waals surface area contributed by atoms with E-state index in [1.807, 2.05) is 0 Å². The molecule has 1 atom stereocenters. The van der Waals surface area contributed by atoms with Crippen LogP contribution in [0.5, 0.6) is 0 Å². The molecule has 0 radical (unpaired) electrons. The van der Waals surface area contributed by atoms with Gasteiger partial charge >= 0.3 is 17.9 Å². The molecule has 114 valence electrons. The van der Waals surface area contributed by atoms with Crippen LogP contribution < -0.4 is 0 Å². The van der Waals surface area contributed by atoms with E-state index in [0.717, 1.165) is 14.2 Å². The van der Waals surface area contributed by atoms with E-state index in [2.05, 4.69) is 16.1 Å². The molecular formula is C14H22O6. The summed E-state index contributed by atoms with van der Waals surface area (Å²) < 4.78 is 14.3. The number of esters is 3. The van der Waals surface area contributed by atoms with Gasteiger partial charge in [0, 0.05) is 11.5 Å². The van der Waals surface area contributed by atoms with Crippen LogP contribution in [0.1, 0.15) is 27.7 Å². The standard InChI is InChI=1S/C14H22O6/c1-8(9(2)11(15)20-14(3,4)5)10(12(16)18-6)13(17)19-7/h8,10H,2H2,1,3-7H3. The van der Waals surface area contributed by atoms with E-state index >= 15 is 0 Å². The maximum absolute atomic E-state index is 11.9. The summed E-state index contributed by atoms with van der Waals surface area (Å²) in [7, 11) is 2.31. The van der Waals surface area contributed by atoms with Crippen molar-refractivity contribution in [3.8, 4) is 0 Å². The van der Waals surface area contributed by atoms with Crippen molar-refractivity contribution < 1.29 is 28.6 Å². The summed E-state index contributed by atoms with van der Waals surface area (Å²) in [6.45, 7) is 10.2. The molecule has 0 aliphatic carbocycles. The van der Waals surface area contributed by atoms with Crippen molar-refractivity contribution in [1.29, 1.82) is 0 Å². The fraction of sp³-hybridized carbons (Fsp3) is 0.643. The molecule has 0 saturated heterocycles. The zero-order valence-corrected chi connectivity index (χ0v) is 12.8. The minimum absolute atomic E-state index is 0.0146. The Morgan fingerprint density at radius 3 is 1.70 bits per heavy atom. The van der Waals surface area contributed by atoms with E-state index in [4.69, 9.17) is 4.74 Å². The van der Waals surface area contributed by atoms with Gasteiger partial charge in [0.1, 0.15) is 5.60 Å².